The lowest BCUT2D eigenvalue weighted by Gasteiger charge is -2.02. The number of carbonyl (C=O) groups excluding carboxylic acids is 1. The summed E-state index contributed by atoms with van der Waals surface area (Å²) in [7, 11) is 0.258. The van der Waals surface area contributed by atoms with E-state index in [-0.39, 0.29) is 16.9 Å². The average Bonchev–Trinajstić information content (AvgIpc) is 2.18. The lowest BCUT2D eigenvalue weighted by molar-refractivity contribution is -0.134. The maximum atomic E-state index is 11.0. The summed E-state index contributed by atoms with van der Waals surface area (Å²) >= 11 is 0. The lowest BCUT2D eigenvalue weighted by atomic mass is 10.3. The van der Waals surface area contributed by atoms with E-state index < -0.39 is 0 Å². The van der Waals surface area contributed by atoms with E-state index in [4.69, 9.17) is 4.74 Å². The van der Waals surface area contributed by atoms with Crippen molar-refractivity contribution in [2.75, 3.05) is 12.5 Å². The van der Waals surface area contributed by atoms with E-state index in [0.717, 1.165) is 0 Å². The van der Waals surface area contributed by atoms with Crippen LogP contribution in [0.2, 0.25) is 0 Å². The Morgan fingerprint density at radius 2 is 1.86 bits per heavy atom. The molecule has 76 valence electrons. The van der Waals surface area contributed by atoms with Gasteiger partial charge in [-0.05, 0) is 24.3 Å². The molecule has 3 heteroatoms. The number of carbonyl (C=O) groups is 1. The molecule has 0 saturated carbocycles. The smallest absolute Gasteiger partial charge is 0.310 e. The fourth-order valence-electron chi connectivity index (χ4n) is 0.983. The second-order valence-corrected chi connectivity index (χ2v) is 5.22. The Morgan fingerprint density at radius 1 is 1.29 bits per heavy atom. The summed E-state index contributed by atoms with van der Waals surface area (Å²) in [5.74, 6) is 0.441. The van der Waals surface area contributed by atoms with Gasteiger partial charge in [0.05, 0.1) is 0 Å². The lowest BCUT2D eigenvalue weighted by Crippen LogP contribution is -2.05. The Hall–Kier alpha value is -0.960. The molecule has 0 saturated heterocycles. The molecule has 0 spiro atoms. The molecule has 1 aromatic carbocycles. The van der Waals surface area contributed by atoms with Gasteiger partial charge in [-0.2, -0.15) is 0 Å². The molecule has 14 heavy (non-hydrogen) atoms. The standard InChI is InChI=1S/C11H15O2S/c1-4-11(12)13-9-5-7-10(8-6-9)14(2)3/h5-8H,4H2,1-3H3/q+1. The quantitative estimate of drug-likeness (QED) is 0.435. The van der Waals surface area contributed by atoms with Crippen molar-refractivity contribution in [2.24, 2.45) is 0 Å². The zero-order chi connectivity index (χ0) is 10.6. The minimum Gasteiger partial charge on any atom is -0.427 e. The molecule has 0 N–H and O–H groups in total. The summed E-state index contributed by atoms with van der Waals surface area (Å²) in [6, 6.07) is 7.69. The van der Waals surface area contributed by atoms with Crippen LogP contribution >= 0.6 is 0 Å². The highest BCUT2D eigenvalue weighted by Crippen LogP contribution is 2.16. The Bertz CT molecular complexity index is 304. The average molecular weight is 211 g/mol. The Morgan fingerprint density at radius 3 is 2.29 bits per heavy atom. The second-order valence-electron chi connectivity index (χ2n) is 3.12. The van der Waals surface area contributed by atoms with Gasteiger partial charge in [0.2, 0.25) is 0 Å². The first kappa shape index (κ1) is 11.1. The van der Waals surface area contributed by atoms with Gasteiger partial charge in [0.25, 0.3) is 0 Å². The molecular formula is C11H15O2S+. The number of hydrogen-bond acceptors (Lipinski definition) is 2. The first-order valence-electron chi connectivity index (χ1n) is 4.52. The summed E-state index contributed by atoms with van der Waals surface area (Å²) < 4.78 is 5.06. The van der Waals surface area contributed by atoms with E-state index >= 15 is 0 Å². The van der Waals surface area contributed by atoms with Gasteiger partial charge in [-0.15, -0.1) is 0 Å². The third-order valence-electron chi connectivity index (χ3n) is 1.82. The zero-order valence-electron chi connectivity index (χ0n) is 8.74. The Kier molecular flexibility index (Phi) is 4.01. The summed E-state index contributed by atoms with van der Waals surface area (Å²) in [5, 5.41) is 0. The number of rotatable bonds is 3. The first-order valence-corrected chi connectivity index (χ1v) is 6.56. The third kappa shape index (κ3) is 3.07. The van der Waals surface area contributed by atoms with Gasteiger partial charge in [0.1, 0.15) is 18.3 Å². The van der Waals surface area contributed by atoms with Crippen LogP contribution in [0.4, 0.5) is 0 Å². The van der Waals surface area contributed by atoms with Gasteiger partial charge in [-0.25, -0.2) is 0 Å². The van der Waals surface area contributed by atoms with Crippen LogP contribution in [0.25, 0.3) is 0 Å². The van der Waals surface area contributed by atoms with E-state index in [9.17, 15) is 4.79 Å². The number of benzene rings is 1. The number of hydrogen-bond donors (Lipinski definition) is 0. The van der Waals surface area contributed by atoms with E-state index in [1.807, 2.05) is 24.3 Å². The van der Waals surface area contributed by atoms with Gasteiger partial charge in [-0.1, -0.05) is 6.92 Å². The first-order chi connectivity index (χ1) is 6.63. The molecule has 0 aliphatic carbocycles. The van der Waals surface area contributed by atoms with Gasteiger partial charge < -0.3 is 4.74 Å². The molecule has 0 aliphatic heterocycles. The van der Waals surface area contributed by atoms with Crippen LogP contribution in [0, 0.1) is 0 Å². The molecule has 0 radical (unpaired) electrons. The molecule has 2 nitrogen and oxygen atoms in total. The van der Waals surface area contributed by atoms with E-state index in [2.05, 4.69) is 12.5 Å². The van der Waals surface area contributed by atoms with Crippen LogP contribution < -0.4 is 4.74 Å². The van der Waals surface area contributed by atoms with Crippen LogP contribution in [0.15, 0.2) is 29.2 Å². The largest absolute Gasteiger partial charge is 0.427 e. The van der Waals surface area contributed by atoms with Crippen molar-refractivity contribution in [3.05, 3.63) is 24.3 Å². The molecular weight excluding hydrogens is 196 g/mol. The highest BCUT2D eigenvalue weighted by Gasteiger charge is 2.08. The summed E-state index contributed by atoms with van der Waals surface area (Å²) in [6.07, 6.45) is 4.73. The molecule has 1 aromatic rings. The van der Waals surface area contributed by atoms with Crippen LogP contribution in [0.5, 0.6) is 5.75 Å². The van der Waals surface area contributed by atoms with Crippen molar-refractivity contribution in [1.29, 1.82) is 0 Å². The molecule has 0 fully saturated rings. The van der Waals surface area contributed by atoms with Gasteiger partial charge >= 0.3 is 5.97 Å². The second kappa shape index (κ2) is 5.05. The minimum atomic E-state index is -0.190. The normalized spacial score (nSPS) is 10.3. The van der Waals surface area contributed by atoms with Crippen molar-refractivity contribution < 1.29 is 9.53 Å². The topological polar surface area (TPSA) is 26.3 Å². The molecule has 0 bridgehead atoms. The molecule has 0 unspecified atom stereocenters. The fourth-order valence-corrected chi connectivity index (χ4v) is 1.66. The molecule has 0 amide bonds. The monoisotopic (exact) mass is 211 g/mol. The highest BCUT2D eigenvalue weighted by molar-refractivity contribution is 7.95. The predicted octanol–water partition coefficient (Wildman–Crippen LogP) is 2.24. The maximum Gasteiger partial charge on any atom is 0.310 e. The van der Waals surface area contributed by atoms with Crippen LogP contribution in [-0.4, -0.2) is 18.5 Å². The fraction of sp³-hybridized carbons (Fsp3) is 0.364. The molecule has 0 aromatic heterocycles. The van der Waals surface area contributed by atoms with Crippen LogP contribution in [-0.2, 0) is 15.7 Å². The van der Waals surface area contributed by atoms with Crippen molar-refractivity contribution in [1.82, 2.24) is 0 Å². The van der Waals surface area contributed by atoms with Crippen molar-refractivity contribution in [3.63, 3.8) is 0 Å². The summed E-state index contributed by atoms with van der Waals surface area (Å²) in [5.41, 5.74) is 0. The minimum absolute atomic E-state index is 0.190. The maximum absolute atomic E-state index is 11.0. The van der Waals surface area contributed by atoms with Gasteiger partial charge in [-0.3, -0.25) is 4.79 Å². The molecule has 0 aliphatic rings. The van der Waals surface area contributed by atoms with Crippen LogP contribution in [0.3, 0.4) is 0 Å². The Balaban J connectivity index is 2.69. The van der Waals surface area contributed by atoms with Crippen molar-refractivity contribution in [3.8, 4) is 5.75 Å². The van der Waals surface area contributed by atoms with E-state index in [1.54, 1.807) is 6.92 Å². The van der Waals surface area contributed by atoms with Crippen molar-refractivity contribution in [2.45, 2.75) is 18.2 Å². The summed E-state index contributed by atoms with van der Waals surface area (Å²) in [4.78, 5) is 12.3. The number of esters is 1. The predicted molar refractivity (Wildman–Crippen MR) is 59.8 cm³/mol. The van der Waals surface area contributed by atoms with E-state index in [0.29, 0.717) is 12.2 Å². The SMILES string of the molecule is CCC(=O)Oc1ccc([S+](C)C)cc1. The molecule has 0 heterocycles. The Labute approximate surface area is 87.6 Å². The van der Waals surface area contributed by atoms with Crippen molar-refractivity contribution >= 4 is 16.9 Å². The summed E-state index contributed by atoms with van der Waals surface area (Å²) in [6.45, 7) is 1.78. The highest BCUT2D eigenvalue weighted by atomic mass is 32.2. The third-order valence-corrected chi connectivity index (χ3v) is 3.03. The number of ether oxygens (including phenoxy) is 1. The molecule has 1 rings (SSSR count). The zero-order valence-corrected chi connectivity index (χ0v) is 9.56. The van der Waals surface area contributed by atoms with E-state index in [1.165, 1.54) is 4.90 Å². The van der Waals surface area contributed by atoms with Gasteiger partial charge in [0.15, 0.2) is 4.90 Å². The molecule has 0 atom stereocenters. The van der Waals surface area contributed by atoms with Crippen LogP contribution in [0.1, 0.15) is 13.3 Å². The van der Waals surface area contributed by atoms with Gasteiger partial charge in [0, 0.05) is 17.3 Å².